The molecule has 9 nitrogen and oxygen atoms in total. The zero-order valence-electron chi connectivity index (χ0n) is 12.9. The van der Waals surface area contributed by atoms with Crippen LogP contribution in [0.5, 0.6) is 0 Å². The Hall–Kier alpha value is -2.91. The predicted molar refractivity (Wildman–Crippen MR) is 89.1 cm³/mol. The van der Waals surface area contributed by atoms with Crippen molar-refractivity contribution >= 4 is 33.8 Å². The molecule has 0 saturated heterocycles. The van der Waals surface area contributed by atoms with Gasteiger partial charge in [0.15, 0.2) is 5.82 Å². The number of nitrogens with one attached hydrogen (secondary N) is 1. The average molecular weight is 330 g/mol. The van der Waals surface area contributed by atoms with Crippen molar-refractivity contribution < 1.29 is 14.7 Å². The zero-order valence-corrected chi connectivity index (χ0v) is 12.9. The molecule has 24 heavy (non-hydrogen) atoms. The fraction of sp³-hybridized carbons (Fsp3) is 0.267. The minimum Gasteiger partial charge on any atom is -0.465 e. The molecule has 0 aliphatic heterocycles. The van der Waals surface area contributed by atoms with E-state index < -0.39 is 6.09 Å². The molecule has 0 unspecified atom stereocenters. The topological polar surface area (TPSA) is 141 Å². The number of anilines is 1. The molecule has 6 N–H and O–H groups in total. The van der Waals surface area contributed by atoms with Crippen molar-refractivity contribution in [3.63, 3.8) is 0 Å². The number of nitrogen functional groups attached to an aromatic ring is 1. The molecular weight excluding hydrogens is 312 g/mol. The van der Waals surface area contributed by atoms with E-state index in [4.69, 9.17) is 21.6 Å². The summed E-state index contributed by atoms with van der Waals surface area (Å²) in [5.41, 5.74) is 8.25. The lowest BCUT2D eigenvalue weighted by Gasteiger charge is -2.10. The normalized spacial score (nSPS) is 11.2. The second kappa shape index (κ2) is 6.69. The third-order valence-corrected chi connectivity index (χ3v) is 3.74. The van der Waals surface area contributed by atoms with E-state index in [0.29, 0.717) is 36.7 Å². The van der Waals surface area contributed by atoms with Gasteiger partial charge in [0, 0.05) is 18.5 Å². The van der Waals surface area contributed by atoms with Gasteiger partial charge in [0.05, 0.1) is 11.0 Å². The van der Waals surface area contributed by atoms with Crippen LogP contribution in [0.25, 0.3) is 21.9 Å². The molecule has 0 radical (unpaired) electrons. The second-order valence-electron chi connectivity index (χ2n) is 5.29. The summed E-state index contributed by atoms with van der Waals surface area (Å²) in [6.07, 6.45) is -0.457. The van der Waals surface area contributed by atoms with Crippen LogP contribution in [0.3, 0.4) is 0 Å². The number of aromatic nitrogens is 3. The monoisotopic (exact) mass is 330 g/mol. The number of hydrogen-bond donors (Lipinski definition) is 4. The number of amides is 1. The van der Waals surface area contributed by atoms with Gasteiger partial charge in [0.25, 0.3) is 0 Å². The molecule has 1 aromatic carbocycles. The van der Waals surface area contributed by atoms with E-state index in [9.17, 15) is 4.79 Å². The summed E-state index contributed by atoms with van der Waals surface area (Å²) in [4.78, 5) is 24.2. The van der Waals surface area contributed by atoms with Crippen LogP contribution >= 0.6 is 0 Å². The molecule has 9 heteroatoms. The first-order valence-corrected chi connectivity index (χ1v) is 7.43. The van der Waals surface area contributed by atoms with E-state index in [-0.39, 0.29) is 6.61 Å². The second-order valence-corrected chi connectivity index (χ2v) is 5.29. The number of carboxylic acid groups (broad SMARTS) is 1. The molecule has 0 bridgehead atoms. The number of pyridine rings is 1. The first kappa shape index (κ1) is 16.0. The standard InChI is InChI=1S/C15H18N6O3/c16-14-12-13(9-4-1-2-5-10(9)19-14)21(11(20-12)8-24-17)7-3-6-18-15(22)23/h1-2,4-5,18H,3,6-8,17H2,(H2,16,19)(H,22,23). The van der Waals surface area contributed by atoms with Crippen LogP contribution in [-0.4, -0.2) is 32.3 Å². The number of fused-ring (bicyclic) bond motifs is 3. The Balaban J connectivity index is 2.09. The van der Waals surface area contributed by atoms with Crippen molar-refractivity contribution in [2.24, 2.45) is 5.90 Å². The summed E-state index contributed by atoms with van der Waals surface area (Å²) in [7, 11) is 0. The minimum absolute atomic E-state index is 0.120. The van der Waals surface area contributed by atoms with Crippen molar-refractivity contribution in [2.75, 3.05) is 12.3 Å². The Labute approximate surface area is 137 Å². The van der Waals surface area contributed by atoms with Crippen LogP contribution in [0.15, 0.2) is 24.3 Å². The molecule has 3 aromatic rings. The van der Waals surface area contributed by atoms with Crippen LogP contribution in [0.2, 0.25) is 0 Å². The van der Waals surface area contributed by atoms with E-state index in [0.717, 1.165) is 16.4 Å². The number of benzene rings is 1. The number of aryl methyl sites for hydroxylation is 1. The summed E-state index contributed by atoms with van der Waals surface area (Å²) in [6.45, 7) is 0.994. The fourth-order valence-corrected chi connectivity index (χ4v) is 2.76. The highest BCUT2D eigenvalue weighted by atomic mass is 16.6. The molecule has 0 aliphatic carbocycles. The van der Waals surface area contributed by atoms with Gasteiger partial charge in [-0.2, -0.15) is 0 Å². The number of nitrogens with two attached hydrogens (primary N) is 2. The highest BCUT2D eigenvalue weighted by Gasteiger charge is 2.17. The number of para-hydroxylation sites is 1. The quantitative estimate of drug-likeness (QED) is 0.393. The summed E-state index contributed by atoms with van der Waals surface area (Å²) in [5.74, 6) is 6.16. The maximum absolute atomic E-state index is 10.6. The minimum atomic E-state index is -1.05. The molecule has 0 spiro atoms. The van der Waals surface area contributed by atoms with Gasteiger partial charge < -0.3 is 20.7 Å². The van der Waals surface area contributed by atoms with Gasteiger partial charge in [0.1, 0.15) is 17.9 Å². The number of hydrogen-bond acceptors (Lipinski definition) is 6. The van der Waals surface area contributed by atoms with Crippen molar-refractivity contribution in [1.82, 2.24) is 19.9 Å². The van der Waals surface area contributed by atoms with Gasteiger partial charge in [-0.1, -0.05) is 18.2 Å². The van der Waals surface area contributed by atoms with Crippen LogP contribution in [-0.2, 0) is 18.0 Å². The molecule has 2 aromatic heterocycles. The number of nitrogens with zero attached hydrogens (tertiary/aromatic N) is 3. The summed E-state index contributed by atoms with van der Waals surface area (Å²) < 4.78 is 1.95. The molecule has 2 heterocycles. The summed E-state index contributed by atoms with van der Waals surface area (Å²) in [5, 5.41) is 11.9. The van der Waals surface area contributed by atoms with Gasteiger partial charge in [0.2, 0.25) is 0 Å². The average Bonchev–Trinajstić information content (AvgIpc) is 2.91. The number of rotatable bonds is 6. The predicted octanol–water partition coefficient (Wildman–Crippen LogP) is 1.21. The fourth-order valence-electron chi connectivity index (χ4n) is 2.76. The van der Waals surface area contributed by atoms with Crippen molar-refractivity contribution in [2.45, 2.75) is 19.6 Å². The van der Waals surface area contributed by atoms with Crippen LogP contribution in [0, 0.1) is 0 Å². The van der Waals surface area contributed by atoms with Crippen molar-refractivity contribution in [3.8, 4) is 0 Å². The van der Waals surface area contributed by atoms with Crippen molar-refractivity contribution in [3.05, 3.63) is 30.1 Å². The van der Waals surface area contributed by atoms with Crippen molar-refractivity contribution in [1.29, 1.82) is 0 Å². The third-order valence-electron chi connectivity index (χ3n) is 3.74. The lowest BCUT2D eigenvalue weighted by Crippen LogP contribution is -2.23. The van der Waals surface area contributed by atoms with Crippen LogP contribution in [0.4, 0.5) is 10.6 Å². The summed E-state index contributed by atoms with van der Waals surface area (Å²) in [6, 6.07) is 7.64. The number of carbonyl (C=O) groups is 1. The van der Waals surface area contributed by atoms with E-state index in [1.54, 1.807) is 0 Å². The zero-order chi connectivity index (χ0) is 17.1. The van der Waals surface area contributed by atoms with Gasteiger partial charge in [-0.05, 0) is 12.5 Å². The maximum atomic E-state index is 10.6. The van der Waals surface area contributed by atoms with Crippen LogP contribution in [0.1, 0.15) is 12.2 Å². The first-order chi connectivity index (χ1) is 11.6. The summed E-state index contributed by atoms with van der Waals surface area (Å²) >= 11 is 0. The smallest absolute Gasteiger partial charge is 0.404 e. The molecule has 0 fully saturated rings. The van der Waals surface area contributed by atoms with Gasteiger partial charge in [-0.15, -0.1) is 0 Å². The Bertz CT molecular complexity index is 892. The lowest BCUT2D eigenvalue weighted by atomic mass is 10.2. The van der Waals surface area contributed by atoms with E-state index in [1.165, 1.54) is 0 Å². The molecule has 126 valence electrons. The first-order valence-electron chi connectivity index (χ1n) is 7.43. The van der Waals surface area contributed by atoms with Gasteiger partial charge in [-0.25, -0.2) is 20.7 Å². The third kappa shape index (κ3) is 2.94. The number of imidazole rings is 1. The lowest BCUT2D eigenvalue weighted by molar-refractivity contribution is 0.116. The Morgan fingerprint density at radius 3 is 2.88 bits per heavy atom. The Morgan fingerprint density at radius 1 is 1.33 bits per heavy atom. The Kier molecular flexibility index (Phi) is 4.45. The highest BCUT2D eigenvalue weighted by molar-refractivity contribution is 6.06. The molecule has 3 rings (SSSR count). The van der Waals surface area contributed by atoms with E-state index in [2.05, 4.69) is 15.3 Å². The molecular formula is C15H18N6O3. The molecule has 0 aliphatic rings. The van der Waals surface area contributed by atoms with E-state index in [1.807, 2.05) is 28.8 Å². The molecule has 1 amide bonds. The van der Waals surface area contributed by atoms with Gasteiger partial charge in [-0.3, -0.25) is 4.84 Å². The van der Waals surface area contributed by atoms with Gasteiger partial charge >= 0.3 is 6.09 Å². The Morgan fingerprint density at radius 2 is 2.12 bits per heavy atom. The SMILES string of the molecule is NOCc1nc2c(N)nc3ccccc3c2n1CCCNC(=O)O. The largest absolute Gasteiger partial charge is 0.465 e. The maximum Gasteiger partial charge on any atom is 0.404 e. The van der Waals surface area contributed by atoms with E-state index >= 15 is 0 Å². The van der Waals surface area contributed by atoms with Crippen LogP contribution < -0.4 is 16.9 Å². The molecule has 0 atom stereocenters. The highest BCUT2D eigenvalue weighted by Crippen LogP contribution is 2.29. The molecule has 0 saturated carbocycles.